The molecule has 1 aliphatic rings. The van der Waals surface area contributed by atoms with Crippen LogP contribution in [-0.4, -0.2) is 14.3 Å². The minimum Gasteiger partial charge on any atom is -0.378 e. The van der Waals surface area contributed by atoms with E-state index in [1.54, 1.807) is 12.1 Å². The molecule has 1 N–H and O–H groups in total. The smallest absolute Gasteiger partial charge is 0.339 e. The molecule has 24 heavy (non-hydrogen) atoms. The van der Waals surface area contributed by atoms with Crippen molar-refractivity contribution in [3.8, 4) is 5.75 Å². The molecule has 3 rings (SSSR count). The first kappa shape index (κ1) is 16.5. The SMILES string of the molecule is Cc1ccc(C)c(OS(=O)(=O)c2ccc3c(c2)CCC(=O)N3)c1C. The van der Waals surface area contributed by atoms with Crippen LogP contribution in [0.5, 0.6) is 5.75 Å². The van der Waals surface area contributed by atoms with E-state index in [1.165, 1.54) is 6.07 Å². The zero-order valence-corrected chi connectivity index (χ0v) is 14.7. The van der Waals surface area contributed by atoms with Crippen LogP contribution >= 0.6 is 0 Å². The normalized spacial score (nSPS) is 14.0. The Hall–Kier alpha value is -2.34. The van der Waals surface area contributed by atoms with Crippen LogP contribution in [0.1, 0.15) is 28.7 Å². The van der Waals surface area contributed by atoms with Gasteiger partial charge < -0.3 is 9.50 Å². The number of fused-ring (bicyclic) bond motifs is 1. The molecule has 0 fully saturated rings. The van der Waals surface area contributed by atoms with Gasteiger partial charge in [0.15, 0.2) is 0 Å². The second kappa shape index (κ2) is 5.94. The number of aryl methyl sites for hydroxylation is 3. The summed E-state index contributed by atoms with van der Waals surface area (Å²) in [7, 11) is -3.93. The minimum atomic E-state index is -3.93. The Balaban J connectivity index is 1.98. The van der Waals surface area contributed by atoms with Gasteiger partial charge in [-0.15, -0.1) is 0 Å². The molecule has 6 heteroatoms. The van der Waals surface area contributed by atoms with Crippen LogP contribution in [0.15, 0.2) is 35.2 Å². The Morgan fingerprint density at radius 3 is 2.46 bits per heavy atom. The number of amides is 1. The highest BCUT2D eigenvalue weighted by Gasteiger charge is 2.23. The average molecular weight is 345 g/mol. The minimum absolute atomic E-state index is 0.0552. The number of rotatable bonds is 3. The maximum absolute atomic E-state index is 12.7. The Morgan fingerprint density at radius 1 is 1.00 bits per heavy atom. The number of carbonyl (C=O) groups is 1. The number of anilines is 1. The van der Waals surface area contributed by atoms with Gasteiger partial charge >= 0.3 is 10.1 Å². The first-order valence-corrected chi connectivity index (χ1v) is 9.13. The van der Waals surface area contributed by atoms with Crippen LogP contribution in [0, 0.1) is 20.8 Å². The van der Waals surface area contributed by atoms with Crippen LogP contribution in [-0.2, 0) is 21.3 Å². The molecule has 1 heterocycles. The highest BCUT2D eigenvalue weighted by atomic mass is 32.2. The second-order valence-corrected chi connectivity index (χ2v) is 7.60. The monoisotopic (exact) mass is 345 g/mol. The predicted octanol–water partition coefficient (Wildman–Crippen LogP) is 3.26. The largest absolute Gasteiger partial charge is 0.378 e. The fourth-order valence-corrected chi connectivity index (χ4v) is 3.82. The van der Waals surface area contributed by atoms with E-state index in [1.807, 2.05) is 32.9 Å². The Labute approximate surface area is 141 Å². The van der Waals surface area contributed by atoms with Crippen LogP contribution in [0.25, 0.3) is 0 Å². The van der Waals surface area contributed by atoms with Crippen molar-refractivity contribution in [3.63, 3.8) is 0 Å². The summed E-state index contributed by atoms with van der Waals surface area (Å²) in [5.74, 6) is 0.321. The lowest BCUT2D eigenvalue weighted by Gasteiger charge is -2.18. The summed E-state index contributed by atoms with van der Waals surface area (Å²) in [6.45, 7) is 5.57. The van der Waals surface area contributed by atoms with E-state index in [9.17, 15) is 13.2 Å². The summed E-state index contributed by atoms with van der Waals surface area (Å²) in [5, 5.41) is 2.74. The molecule has 2 aromatic carbocycles. The van der Waals surface area contributed by atoms with Crippen molar-refractivity contribution in [3.05, 3.63) is 52.6 Å². The predicted molar refractivity (Wildman–Crippen MR) is 91.9 cm³/mol. The van der Waals surface area contributed by atoms with Gasteiger partial charge in [0.2, 0.25) is 5.91 Å². The van der Waals surface area contributed by atoms with Gasteiger partial charge in [0.25, 0.3) is 0 Å². The third-order valence-corrected chi connectivity index (χ3v) is 5.54. The summed E-state index contributed by atoms with van der Waals surface area (Å²) < 4.78 is 30.7. The van der Waals surface area contributed by atoms with Crippen molar-refractivity contribution in [2.24, 2.45) is 0 Å². The Morgan fingerprint density at radius 2 is 1.71 bits per heavy atom. The zero-order valence-electron chi connectivity index (χ0n) is 13.8. The quantitative estimate of drug-likeness (QED) is 0.867. The maximum atomic E-state index is 12.7. The number of carbonyl (C=O) groups excluding carboxylic acids is 1. The molecule has 0 bridgehead atoms. The molecule has 5 nitrogen and oxygen atoms in total. The van der Waals surface area contributed by atoms with E-state index in [4.69, 9.17) is 4.18 Å². The first-order chi connectivity index (χ1) is 11.3. The van der Waals surface area contributed by atoms with Gasteiger partial charge in [0.05, 0.1) is 0 Å². The molecular formula is C18H19NO4S. The van der Waals surface area contributed by atoms with E-state index in [2.05, 4.69) is 5.32 Å². The molecule has 0 saturated carbocycles. The molecule has 0 aliphatic carbocycles. The lowest BCUT2D eigenvalue weighted by molar-refractivity contribution is -0.116. The van der Waals surface area contributed by atoms with Crippen molar-refractivity contribution >= 4 is 21.7 Å². The topological polar surface area (TPSA) is 72.5 Å². The van der Waals surface area contributed by atoms with Gasteiger partial charge in [-0.05, 0) is 67.6 Å². The molecule has 126 valence electrons. The van der Waals surface area contributed by atoms with E-state index in [0.717, 1.165) is 22.3 Å². The summed E-state index contributed by atoms with van der Waals surface area (Å²) in [4.78, 5) is 11.5. The van der Waals surface area contributed by atoms with Crippen LogP contribution < -0.4 is 9.50 Å². The zero-order chi connectivity index (χ0) is 17.5. The van der Waals surface area contributed by atoms with Crippen molar-refractivity contribution in [2.45, 2.75) is 38.5 Å². The van der Waals surface area contributed by atoms with Crippen molar-refractivity contribution in [2.75, 3.05) is 5.32 Å². The van der Waals surface area contributed by atoms with Crippen LogP contribution in [0.3, 0.4) is 0 Å². The summed E-state index contributed by atoms with van der Waals surface area (Å²) in [6.07, 6.45) is 0.875. The van der Waals surface area contributed by atoms with Gasteiger partial charge in [-0.1, -0.05) is 12.1 Å². The van der Waals surface area contributed by atoms with E-state index in [0.29, 0.717) is 24.3 Å². The molecule has 0 unspecified atom stereocenters. The summed E-state index contributed by atoms with van der Waals surface area (Å²) in [5.41, 5.74) is 4.01. The molecule has 0 radical (unpaired) electrons. The Bertz CT molecular complexity index is 932. The summed E-state index contributed by atoms with van der Waals surface area (Å²) >= 11 is 0. The van der Waals surface area contributed by atoms with E-state index >= 15 is 0 Å². The molecule has 0 aromatic heterocycles. The molecular weight excluding hydrogens is 326 g/mol. The van der Waals surface area contributed by atoms with Crippen molar-refractivity contribution < 1.29 is 17.4 Å². The van der Waals surface area contributed by atoms with Gasteiger partial charge in [-0.2, -0.15) is 8.42 Å². The number of benzene rings is 2. The second-order valence-electron chi connectivity index (χ2n) is 6.06. The van der Waals surface area contributed by atoms with Crippen molar-refractivity contribution in [1.29, 1.82) is 0 Å². The number of hydrogen-bond acceptors (Lipinski definition) is 4. The van der Waals surface area contributed by atoms with Crippen LogP contribution in [0.2, 0.25) is 0 Å². The lowest BCUT2D eigenvalue weighted by Crippen LogP contribution is -2.20. The van der Waals surface area contributed by atoms with Gasteiger partial charge in [-0.25, -0.2) is 0 Å². The molecule has 0 saturated heterocycles. The van der Waals surface area contributed by atoms with E-state index in [-0.39, 0.29) is 10.8 Å². The first-order valence-electron chi connectivity index (χ1n) is 7.72. The lowest BCUT2D eigenvalue weighted by atomic mass is 10.0. The van der Waals surface area contributed by atoms with Gasteiger partial charge in [0.1, 0.15) is 10.6 Å². The Kier molecular flexibility index (Phi) is 4.09. The average Bonchev–Trinajstić information content (AvgIpc) is 2.54. The van der Waals surface area contributed by atoms with Crippen LogP contribution in [0.4, 0.5) is 5.69 Å². The molecule has 2 aromatic rings. The number of nitrogens with one attached hydrogen (secondary N) is 1. The highest BCUT2D eigenvalue weighted by molar-refractivity contribution is 7.87. The van der Waals surface area contributed by atoms with Gasteiger partial charge in [-0.3, -0.25) is 4.79 Å². The standard InChI is InChI=1S/C18H19NO4S/c1-11-4-5-12(2)18(13(11)3)23-24(21,22)15-7-8-16-14(10-15)6-9-17(20)19-16/h4-5,7-8,10H,6,9H2,1-3H3,(H,19,20). The molecule has 0 atom stereocenters. The highest BCUT2D eigenvalue weighted by Crippen LogP contribution is 2.31. The van der Waals surface area contributed by atoms with Gasteiger partial charge in [0, 0.05) is 12.1 Å². The molecule has 0 spiro atoms. The fraction of sp³-hybridized carbons (Fsp3) is 0.278. The molecule has 1 amide bonds. The fourth-order valence-electron chi connectivity index (χ4n) is 2.73. The molecule has 1 aliphatic heterocycles. The number of hydrogen-bond donors (Lipinski definition) is 1. The third-order valence-electron chi connectivity index (χ3n) is 4.33. The third kappa shape index (κ3) is 3.01. The van der Waals surface area contributed by atoms with Crippen molar-refractivity contribution in [1.82, 2.24) is 0 Å². The maximum Gasteiger partial charge on any atom is 0.339 e. The van der Waals surface area contributed by atoms with E-state index < -0.39 is 10.1 Å². The summed E-state index contributed by atoms with van der Waals surface area (Å²) in [6, 6.07) is 8.42.